The Morgan fingerprint density at radius 3 is 2.60 bits per heavy atom. The molecule has 1 aliphatic carbocycles. The Bertz CT molecular complexity index is 421. The summed E-state index contributed by atoms with van der Waals surface area (Å²) in [6.45, 7) is 7.35. The van der Waals surface area contributed by atoms with E-state index < -0.39 is 0 Å². The van der Waals surface area contributed by atoms with Crippen molar-refractivity contribution in [1.82, 2.24) is 5.32 Å². The molecule has 0 aliphatic heterocycles. The van der Waals surface area contributed by atoms with Crippen LogP contribution in [0.2, 0.25) is 5.02 Å². The van der Waals surface area contributed by atoms with Crippen LogP contribution in [0.3, 0.4) is 0 Å². The van der Waals surface area contributed by atoms with Crippen LogP contribution in [-0.2, 0) is 4.74 Å². The highest BCUT2D eigenvalue weighted by atomic mass is 35.5. The van der Waals surface area contributed by atoms with Gasteiger partial charge in [-0.25, -0.2) is 0 Å². The van der Waals surface area contributed by atoms with Gasteiger partial charge in [0.05, 0.1) is 12.2 Å². The van der Waals surface area contributed by atoms with E-state index in [4.69, 9.17) is 16.3 Å². The van der Waals surface area contributed by atoms with Gasteiger partial charge in [0.2, 0.25) is 0 Å². The molecule has 2 nitrogen and oxygen atoms in total. The molecule has 0 amide bonds. The third kappa shape index (κ3) is 5.08. The van der Waals surface area contributed by atoms with Gasteiger partial charge in [-0.1, -0.05) is 36.6 Å². The van der Waals surface area contributed by atoms with Gasteiger partial charge in [-0.3, -0.25) is 0 Å². The lowest BCUT2D eigenvalue weighted by molar-refractivity contribution is -0.0114. The van der Waals surface area contributed by atoms with Gasteiger partial charge < -0.3 is 10.1 Å². The molecule has 1 fully saturated rings. The first-order valence-corrected chi connectivity index (χ1v) is 7.98. The highest BCUT2D eigenvalue weighted by molar-refractivity contribution is 6.30. The third-order valence-corrected chi connectivity index (χ3v) is 3.93. The quantitative estimate of drug-likeness (QED) is 0.848. The number of hydrogen-bond acceptors (Lipinski definition) is 2. The Hall–Kier alpha value is -0.570. The summed E-state index contributed by atoms with van der Waals surface area (Å²) in [5, 5.41) is 4.32. The lowest BCUT2D eigenvalue weighted by atomic mass is 10.1. The summed E-state index contributed by atoms with van der Waals surface area (Å²) in [5.41, 5.74) is 1.26. The van der Waals surface area contributed by atoms with Crippen molar-refractivity contribution in [3.05, 3.63) is 34.9 Å². The number of nitrogens with one attached hydrogen (secondary N) is 1. The molecular formula is C17H26ClNO. The zero-order valence-electron chi connectivity index (χ0n) is 12.8. The molecule has 2 rings (SSSR count). The molecule has 1 atom stereocenters. The normalized spacial score (nSPS) is 18.4. The summed E-state index contributed by atoms with van der Waals surface area (Å²) in [5.74, 6) is 0. The maximum absolute atomic E-state index is 6.33. The third-order valence-electron chi connectivity index (χ3n) is 3.70. The van der Waals surface area contributed by atoms with Crippen LogP contribution in [0, 0.1) is 0 Å². The van der Waals surface area contributed by atoms with E-state index in [0.29, 0.717) is 6.10 Å². The second-order valence-corrected chi connectivity index (χ2v) is 7.15. The van der Waals surface area contributed by atoms with E-state index in [1.54, 1.807) is 0 Å². The lowest BCUT2D eigenvalue weighted by Gasteiger charge is -2.28. The van der Waals surface area contributed by atoms with Crippen molar-refractivity contribution < 1.29 is 4.74 Å². The van der Waals surface area contributed by atoms with E-state index >= 15 is 0 Å². The van der Waals surface area contributed by atoms with E-state index in [-0.39, 0.29) is 11.6 Å². The average Bonchev–Trinajstić information content (AvgIpc) is 2.86. The smallest absolute Gasteiger partial charge is 0.0953 e. The van der Waals surface area contributed by atoms with Crippen molar-refractivity contribution >= 4 is 11.6 Å². The summed E-state index contributed by atoms with van der Waals surface area (Å²) in [6.07, 6.45) is 5.44. The number of ether oxygens (including phenoxy) is 1. The van der Waals surface area contributed by atoms with E-state index in [1.165, 1.54) is 31.2 Å². The highest BCUT2D eigenvalue weighted by Gasteiger charge is 2.23. The van der Waals surface area contributed by atoms with Crippen molar-refractivity contribution in [1.29, 1.82) is 0 Å². The van der Waals surface area contributed by atoms with Crippen molar-refractivity contribution in [2.75, 3.05) is 6.54 Å². The van der Waals surface area contributed by atoms with Crippen molar-refractivity contribution in [2.45, 2.75) is 64.2 Å². The zero-order valence-corrected chi connectivity index (χ0v) is 13.5. The number of benzene rings is 1. The van der Waals surface area contributed by atoms with E-state index in [9.17, 15) is 0 Å². The molecule has 1 aromatic carbocycles. The topological polar surface area (TPSA) is 21.3 Å². The van der Waals surface area contributed by atoms with Crippen LogP contribution in [0.4, 0.5) is 0 Å². The van der Waals surface area contributed by atoms with Crippen LogP contribution in [-0.4, -0.2) is 18.2 Å². The maximum Gasteiger partial charge on any atom is 0.0953 e. The highest BCUT2D eigenvalue weighted by Crippen LogP contribution is 2.29. The van der Waals surface area contributed by atoms with Crippen LogP contribution in [0.1, 0.15) is 58.1 Å². The Kier molecular flexibility index (Phi) is 5.48. The molecule has 0 saturated heterocycles. The molecule has 1 saturated carbocycles. The van der Waals surface area contributed by atoms with Gasteiger partial charge in [0.25, 0.3) is 0 Å². The van der Waals surface area contributed by atoms with Gasteiger partial charge in [0, 0.05) is 17.1 Å². The minimum absolute atomic E-state index is 0.0797. The minimum Gasteiger partial charge on any atom is -0.369 e. The summed E-state index contributed by atoms with van der Waals surface area (Å²) >= 11 is 6.12. The molecule has 0 radical (unpaired) electrons. The maximum atomic E-state index is 6.33. The predicted molar refractivity (Wildman–Crippen MR) is 85.3 cm³/mol. The molecule has 112 valence electrons. The van der Waals surface area contributed by atoms with Gasteiger partial charge in [-0.2, -0.15) is 0 Å². The Morgan fingerprint density at radius 1 is 1.30 bits per heavy atom. The van der Waals surface area contributed by atoms with E-state index in [1.807, 2.05) is 18.2 Å². The van der Waals surface area contributed by atoms with E-state index in [2.05, 4.69) is 32.2 Å². The summed E-state index contributed by atoms with van der Waals surface area (Å²) in [7, 11) is 0. The van der Waals surface area contributed by atoms with Crippen molar-refractivity contribution in [2.24, 2.45) is 0 Å². The van der Waals surface area contributed by atoms with E-state index in [0.717, 1.165) is 11.6 Å². The predicted octanol–water partition coefficient (Wildman–Crippen LogP) is 4.73. The fraction of sp³-hybridized carbons (Fsp3) is 0.647. The second-order valence-electron chi connectivity index (χ2n) is 6.72. The standard InChI is InChI=1S/C17H26ClNO/c1-17(2,3)19-12-16(20-15-9-4-5-10-15)13-7-6-8-14(18)11-13/h6-8,11,15-16,19H,4-5,9-10,12H2,1-3H3. The molecule has 0 heterocycles. The second kappa shape index (κ2) is 6.93. The molecule has 1 aromatic rings. The average molecular weight is 296 g/mol. The molecule has 1 N–H and O–H groups in total. The zero-order chi connectivity index (χ0) is 14.6. The first kappa shape index (κ1) is 15.8. The fourth-order valence-electron chi connectivity index (χ4n) is 2.61. The SMILES string of the molecule is CC(C)(C)NCC(OC1CCCC1)c1cccc(Cl)c1. The molecule has 1 aliphatic rings. The van der Waals surface area contributed by atoms with Crippen molar-refractivity contribution in [3.63, 3.8) is 0 Å². The number of hydrogen-bond donors (Lipinski definition) is 1. The minimum atomic E-state index is 0.0797. The first-order chi connectivity index (χ1) is 9.44. The van der Waals surface area contributed by atoms with Crippen molar-refractivity contribution in [3.8, 4) is 0 Å². The van der Waals surface area contributed by atoms with Gasteiger partial charge in [-0.15, -0.1) is 0 Å². The molecular weight excluding hydrogens is 270 g/mol. The fourth-order valence-corrected chi connectivity index (χ4v) is 2.81. The summed E-state index contributed by atoms with van der Waals surface area (Å²) < 4.78 is 6.33. The Balaban J connectivity index is 2.06. The van der Waals surface area contributed by atoms with Gasteiger partial charge in [0.1, 0.15) is 0 Å². The largest absolute Gasteiger partial charge is 0.369 e. The summed E-state index contributed by atoms with van der Waals surface area (Å²) in [4.78, 5) is 0. The number of halogens is 1. The molecule has 3 heteroatoms. The van der Waals surface area contributed by atoms with Gasteiger partial charge in [-0.05, 0) is 51.3 Å². The van der Waals surface area contributed by atoms with Crippen LogP contribution < -0.4 is 5.32 Å². The van der Waals surface area contributed by atoms with Gasteiger partial charge >= 0.3 is 0 Å². The molecule has 0 aromatic heterocycles. The Morgan fingerprint density at radius 2 is 2.00 bits per heavy atom. The molecule has 20 heavy (non-hydrogen) atoms. The lowest BCUT2D eigenvalue weighted by Crippen LogP contribution is -2.39. The van der Waals surface area contributed by atoms with Crippen LogP contribution >= 0.6 is 11.6 Å². The van der Waals surface area contributed by atoms with Crippen LogP contribution in [0.5, 0.6) is 0 Å². The Labute approximate surface area is 127 Å². The monoisotopic (exact) mass is 295 g/mol. The number of rotatable bonds is 5. The molecule has 1 unspecified atom stereocenters. The van der Waals surface area contributed by atoms with Gasteiger partial charge in [0.15, 0.2) is 0 Å². The summed E-state index contributed by atoms with van der Waals surface area (Å²) in [6, 6.07) is 8.04. The molecule has 0 spiro atoms. The first-order valence-electron chi connectivity index (χ1n) is 7.60. The molecule has 0 bridgehead atoms. The van der Waals surface area contributed by atoms with Crippen LogP contribution in [0.15, 0.2) is 24.3 Å². The van der Waals surface area contributed by atoms with Crippen LogP contribution in [0.25, 0.3) is 0 Å².